The lowest BCUT2D eigenvalue weighted by Gasteiger charge is -2.40. The van der Waals surface area contributed by atoms with Gasteiger partial charge in [-0.1, -0.05) is 45.6 Å². The van der Waals surface area contributed by atoms with Crippen LogP contribution >= 0.6 is 0 Å². The molecular weight excluding hydrogens is 584 g/mol. The fourth-order valence-electron chi connectivity index (χ4n) is 6.89. The van der Waals surface area contributed by atoms with Gasteiger partial charge in [-0.25, -0.2) is 4.79 Å². The average Bonchev–Trinajstić information content (AvgIpc) is 3.33. The number of aliphatic hydroxyl groups is 1. The molecule has 45 heavy (non-hydrogen) atoms. The maximum absolute atomic E-state index is 13.3. The molecule has 1 N–H and O–H groups in total. The summed E-state index contributed by atoms with van der Waals surface area (Å²) in [5.41, 5.74) is -2.58. The fraction of sp³-hybridized carbons (Fsp3) is 0.735. The minimum atomic E-state index is -2.06. The lowest BCUT2D eigenvalue weighted by atomic mass is 9.78. The SMILES string of the molecule is C/C=C(/C)C(=O)O[C@H]1C(C)=C2[C@H]([C@@H]1OC(=O)CCCCCCC)[C@@](C)(OC(C)=O)C[C@H](OC(=O)CCC)[C@]1(O)[C@@H](C)C(=O)O[C@@H]21. The molecule has 1 aliphatic heterocycles. The zero-order valence-electron chi connectivity index (χ0n) is 27.9. The van der Waals surface area contributed by atoms with E-state index in [9.17, 15) is 29.1 Å². The number of rotatable bonds is 13. The van der Waals surface area contributed by atoms with Gasteiger partial charge >= 0.3 is 29.8 Å². The van der Waals surface area contributed by atoms with Gasteiger partial charge in [-0.2, -0.15) is 0 Å². The third kappa shape index (κ3) is 7.45. The van der Waals surface area contributed by atoms with E-state index in [-0.39, 0.29) is 19.3 Å². The summed E-state index contributed by atoms with van der Waals surface area (Å²) < 4.78 is 29.7. The van der Waals surface area contributed by atoms with E-state index in [1.165, 1.54) is 13.8 Å². The van der Waals surface area contributed by atoms with Crippen LogP contribution in [0.1, 0.15) is 113 Å². The zero-order valence-corrected chi connectivity index (χ0v) is 27.9. The highest BCUT2D eigenvalue weighted by atomic mass is 16.6. The number of fused-ring (bicyclic) bond motifs is 3. The van der Waals surface area contributed by atoms with E-state index in [1.807, 2.05) is 0 Å². The molecular formula is C34H50O11. The fourth-order valence-corrected chi connectivity index (χ4v) is 6.89. The molecule has 0 aromatic heterocycles. The first-order valence-corrected chi connectivity index (χ1v) is 16.2. The predicted octanol–water partition coefficient (Wildman–Crippen LogP) is 4.81. The number of carbonyl (C=O) groups is 5. The second-order valence-corrected chi connectivity index (χ2v) is 12.8. The lowest BCUT2D eigenvalue weighted by Crippen LogP contribution is -2.56. The van der Waals surface area contributed by atoms with Crippen LogP contribution in [0.15, 0.2) is 22.8 Å². The highest BCUT2D eigenvalue weighted by Gasteiger charge is 2.71. The third-order valence-corrected chi connectivity index (χ3v) is 9.44. The first-order chi connectivity index (χ1) is 21.2. The monoisotopic (exact) mass is 634 g/mol. The first kappa shape index (κ1) is 36.3. The van der Waals surface area contributed by atoms with E-state index in [4.69, 9.17) is 23.7 Å². The van der Waals surface area contributed by atoms with Crippen LogP contribution in [0.4, 0.5) is 0 Å². The Morgan fingerprint density at radius 1 is 0.978 bits per heavy atom. The molecule has 1 saturated heterocycles. The molecule has 0 aromatic rings. The van der Waals surface area contributed by atoms with Crippen molar-refractivity contribution in [2.45, 2.75) is 149 Å². The molecule has 1 heterocycles. The standard InChI is InChI=1S/C34H50O11/c1-9-12-13-14-15-17-25(37)42-29-27-26(20(5)28(29)43-31(38)19(4)11-3)30-34(40,21(6)32(39)44-30)23(41-24(36)16-10-2)18-33(27,8)45-22(7)35/h11,21,23,27-30,40H,9-10,12-18H2,1-8H3/b19-11-/t21-,23-,27+,28-,29-,30-,33-,34+/m0/s1. The topological polar surface area (TPSA) is 152 Å². The number of hydrogen-bond donors (Lipinski definition) is 1. The van der Waals surface area contributed by atoms with E-state index >= 15 is 0 Å². The lowest BCUT2D eigenvalue weighted by molar-refractivity contribution is -0.193. The van der Waals surface area contributed by atoms with Gasteiger partial charge in [0.25, 0.3) is 0 Å². The van der Waals surface area contributed by atoms with Crippen molar-refractivity contribution in [3.8, 4) is 0 Å². The molecule has 2 fully saturated rings. The Morgan fingerprint density at radius 2 is 1.62 bits per heavy atom. The zero-order chi connectivity index (χ0) is 33.7. The van der Waals surface area contributed by atoms with Gasteiger partial charge in [-0.3, -0.25) is 19.2 Å². The van der Waals surface area contributed by atoms with Crippen molar-refractivity contribution in [3.05, 3.63) is 22.8 Å². The summed E-state index contributed by atoms with van der Waals surface area (Å²) in [5.74, 6) is -5.28. The summed E-state index contributed by atoms with van der Waals surface area (Å²) in [7, 11) is 0. The molecule has 0 amide bonds. The van der Waals surface area contributed by atoms with E-state index in [2.05, 4.69) is 6.92 Å². The number of esters is 5. The Labute approximate surface area is 266 Å². The maximum Gasteiger partial charge on any atom is 0.334 e. The minimum Gasteiger partial charge on any atom is -0.459 e. The van der Waals surface area contributed by atoms with E-state index < -0.39 is 77.3 Å². The van der Waals surface area contributed by atoms with Crippen molar-refractivity contribution in [1.29, 1.82) is 0 Å². The number of hydrogen-bond acceptors (Lipinski definition) is 11. The van der Waals surface area contributed by atoms with Gasteiger partial charge in [0.15, 0.2) is 23.9 Å². The number of ether oxygens (including phenoxy) is 5. The van der Waals surface area contributed by atoms with Crippen LogP contribution in [-0.2, 0) is 47.7 Å². The van der Waals surface area contributed by atoms with E-state index in [1.54, 1.807) is 40.7 Å². The largest absolute Gasteiger partial charge is 0.459 e. The molecule has 11 nitrogen and oxygen atoms in total. The van der Waals surface area contributed by atoms with Crippen LogP contribution in [-0.4, -0.2) is 70.6 Å². The quantitative estimate of drug-likeness (QED) is 0.0977. The Bertz CT molecular complexity index is 1220. The molecule has 3 rings (SSSR count). The van der Waals surface area contributed by atoms with Gasteiger partial charge in [-0.05, 0) is 58.6 Å². The van der Waals surface area contributed by atoms with Crippen molar-refractivity contribution in [2.75, 3.05) is 0 Å². The van der Waals surface area contributed by atoms with Gasteiger partial charge in [-0.15, -0.1) is 0 Å². The average molecular weight is 635 g/mol. The van der Waals surface area contributed by atoms with Gasteiger partial charge in [0.1, 0.15) is 11.7 Å². The van der Waals surface area contributed by atoms with Crippen LogP contribution in [0.5, 0.6) is 0 Å². The molecule has 0 spiro atoms. The van der Waals surface area contributed by atoms with Gasteiger partial charge < -0.3 is 28.8 Å². The Hall–Kier alpha value is -3.21. The Morgan fingerprint density at radius 3 is 2.22 bits per heavy atom. The summed E-state index contributed by atoms with van der Waals surface area (Å²) in [6, 6.07) is 0. The first-order valence-electron chi connectivity index (χ1n) is 16.2. The van der Waals surface area contributed by atoms with Crippen LogP contribution in [0, 0.1) is 11.8 Å². The smallest absolute Gasteiger partial charge is 0.334 e. The molecule has 0 aromatic carbocycles. The van der Waals surface area contributed by atoms with Crippen molar-refractivity contribution < 1.29 is 52.8 Å². The molecule has 1 saturated carbocycles. The molecule has 0 bridgehead atoms. The van der Waals surface area contributed by atoms with Crippen molar-refractivity contribution in [1.82, 2.24) is 0 Å². The Balaban J connectivity index is 2.19. The van der Waals surface area contributed by atoms with Crippen LogP contribution in [0.25, 0.3) is 0 Å². The second-order valence-electron chi connectivity index (χ2n) is 12.8. The van der Waals surface area contributed by atoms with E-state index in [0.717, 1.165) is 25.7 Å². The normalized spacial score (nSPS) is 32.6. The number of carbonyl (C=O) groups excluding carboxylic acids is 5. The summed E-state index contributed by atoms with van der Waals surface area (Å²) in [5, 5.41) is 12.4. The minimum absolute atomic E-state index is 0.0662. The van der Waals surface area contributed by atoms with Crippen molar-refractivity contribution >= 4 is 29.8 Å². The highest BCUT2D eigenvalue weighted by molar-refractivity contribution is 5.88. The van der Waals surface area contributed by atoms with Crippen LogP contribution < -0.4 is 0 Å². The number of allylic oxidation sites excluding steroid dienone is 1. The molecule has 8 atom stereocenters. The van der Waals surface area contributed by atoms with Crippen molar-refractivity contribution in [3.63, 3.8) is 0 Å². The molecule has 0 unspecified atom stereocenters. The molecule has 2 aliphatic carbocycles. The summed E-state index contributed by atoms with van der Waals surface area (Å²) >= 11 is 0. The van der Waals surface area contributed by atoms with Gasteiger partial charge in [0, 0.05) is 31.8 Å². The van der Waals surface area contributed by atoms with Crippen LogP contribution in [0.2, 0.25) is 0 Å². The van der Waals surface area contributed by atoms with E-state index in [0.29, 0.717) is 29.6 Å². The maximum atomic E-state index is 13.3. The number of unbranched alkanes of at least 4 members (excludes halogenated alkanes) is 4. The predicted molar refractivity (Wildman–Crippen MR) is 162 cm³/mol. The molecule has 3 aliphatic rings. The third-order valence-electron chi connectivity index (χ3n) is 9.44. The van der Waals surface area contributed by atoms with Crippen molar-refractivity contribution in [2.24, 2.45) is 11.8 Å². The second kappa shape index (κ2) is 14.9. The molecule has 0 radical (unpaired) electrons. The van der Waals surface area contributed by atoms with Gasteiger partial charge in [0.05, 0.1) is 11.8 Å². The molecule has 11 heteroatoms. The van der Waals surface area contributed by atoms with Gasteiger partial charge in [0.2, 0.25) is 0 Å². The highest BCUT2D eigenvalue weighted by Crippen LogP contribution is 2.56. The summed E-state index contributed by atoms with van der Waals surface area (Å²) in [6.07, 6.45) is 1.57. The van der Waals surface area contributed by atoms with Crippen LogP contribution in [0.3, 0.4) is 0 Å². The summed E-state index contributed by atoms with van der Waals surface area (Å²) in [6.45, 7) is 13.2. The Kier molecular flexibility index (Phi) is 12.0. The molecule has 252 valence electrons. The summed E-state index contributed by atoms with van der Waals surface area (Å²) in [4.78, 5) is 64.9.